The normalized spacial score (nSPS) is 13.4. The van der Waals surface area contributed by atoms with Gasteiger partial charge in [0.05, 0.1) is 0 Å². The van der Waals surface area contributed by atoms with Crippen LogP contribution in [0.5, 0.6) is 11.5 Å². The number of benzene rings is 2. The van der Waals surface area contributed by atoms with Crippen molar-refractivity contribution in [2.75, 3.05) is 0 Å². The molecule has 2 nitrogen and oxygen atoms in total. The molecule has 0 fully saturated rings. The molecule has 0 unspecified atom stereocenters. The molecule has 2 aromatic carbocycles. The number of hydrogen-bond acceptors (Lipinski definition) is 2. The molecule has 0 radical (unpaired) electrons. The molecule has 164 valence electrons. The number of aromatic hydroxyl groups is 2. The minimum Gasteiger partial charge on any atom is -0.508 e. The number of rotatable bonds is 0. The van der Waals surface area contributed by atoms with Gasteiger partial charge in [0, 0.05) is 35.1 Å². The molecule has 0 amide bonds. The molecule has 0 bridgehead atoms. The van der Waals surface area contributed by atoms with Crippen molar-refractivity contribution in [1.82, 2.24) is 0 Å². The van der Waals surface area contributed by atoms with Crippen LogP contribution in [0.1, 0.15) is 40.5 Å². The van der Waals surface area contributed by atoms with Gasteiger partial charge in [0.1, 0.15) is 11.5 Å². The summed E-state index contributed by atoms with van der Waals surface area (Å²) in [6.07, 6.45) is 11.1. The first-order valence-electron chi connectivity index (χ1n) is 9.74. The summed E-state index contributed by atoms with van der Waals surface area (Å²) in [7, 11) is 0. The van der Waals surface area contributed by atoms with Crippen molar-refractivity contribution in [3.63, 3.8) is 0 Å². The maximum Gasteiger partial charge on any atom is 0.115 e. The molecule has 2 aliphatic rings. The van der Waals surface area contributed by atoms with Crippen LogP contribution in [0.4, 0.5) is 0 Å². The first-order chi connectivity index (χ1) is 14.2. The minimum atomic E-state index is 0. The molecule has 2 N–H and O–H groups in total. The van der Waals surface area contributed by atoms with E-state index in [-0.39, 0.29) is 26.2 Å². The van der Waals surface area contributed by atoms with Crippen molar-refractivity contribution < 1.29 is 36.4 Å². The molecule has 0 aliphatic heterocycles. The van der Waals surface area contributed by atoms with Gasteiger partial charge >= 0.3 is 0 Å². The predicted octanol–water partition coefficient (Wildman–Crippen LogP) is 8.87. The molecule has 0 atom stereocenters. The molecule has 0 saturated carbocycles. The Morgan fingerprint density at radius 2 is 0.871 bits per heavy atom. The third kappa shape index (κ3) is 13.8. The van der Waals surface area contributed by atoms with E-state index in [2.05, 4.69) is 83.9 Å². The average Bonchev–Trinajstić information content (AvgIpc) is 3.28. The zero-order valence-corrected chi connectivity index (χ0v) is 24.1. The third-order valence-corrected chi connectivity index (χ3v) is 5.64. The van der Waals surface area contributed by atoms with E-state index >= 15 is 0 Å². The Hall–Kier alpha value is -1.16. The summed E-state index contributed by atoms with van der Waals surface area (Å²) in [5, 5.41) is 17.5. The number of allylic oxidation sites excluding steroid dienone is 8. The maximum atomic E-state index is 8.74. The molecule has 0 aromatic heterocycles. The summed E-state index contributed by atoms with van der Waals surface area (Å²) >= 11 is 6.47. The average molecular weight is 626 g/mol. The number of hydrogen-bond donors (Lipinski definition) is 2. The van der Waals surface area contributed by atoms with Gasteiger partial charge in [-0.25, -0.2) is 0 Å². The van der Waals surface area contributed by atoms with Crippen molar-refractivity contribution in [2.45, 2.75) is 40.5 Å². The largest absolute Gasteiger partial charge is 0.508 e. The van der Waals surface area contributed by atoms with Gasteiger partial charge in [0.15, 0.2) is 0 Å². The molecule has 4 rings (SSSR count). The Balaban J connectivity index is 0.000000384. The zero-order valence-electron chi connectivity index (χ0n) is 18.5. The molecule has 2 aliphatic carbocycles. The fraction of sp³-hybridized carbons (Fsp3) is 0.231. The fourth-order valence-corrected chi connectivity index (χ4v) is 2.84. The fourth-order valence-electron chi connectivity index (χ4n) is 2.31. The second-order valence-corrected chi connectivity index (χ2v) is 8.92. The second-order valence-electron chi connectivity index (χ2n) is 7.09. The van der Waals surface area contributed by atoms with E-state index in [1.54, 1.807) is 48.5 Å². The van der Waals surface area contributed by atoms with Gasteiger partial charge in [0.25, 0.3) is 0 Å². The van der Waals surface area contributed by atoms with Gasteiger partial charge in [-0.15, -0.1) is 0 Å². The first-order valence-corrected chi connectivity index (χ1v) is 11.3. The monoisotopic (exact) mass is 622 g/mol. The van der Waals surface area contributed by atoms with Crippen molar-refractivity contribution in [3.05, 3.63) is 104 Å². The van der Waals surface area contributed by atoms with E-state index in [1.807, 2.05) is 0 Å². The van der Waals surface area contributed by atoms with E-state index in [0.717, 1.165) is 8.95 Å². The Morgan fingerprint density at radius 1 is 0.581 bits per heavy atom. The van der Waals surface area contributed by atoms with E-state index in [4.69, 9.17) is 10.2 Å². The predicted molar refractivity (Wildman–Crippen MR) is 136 cm³/mol. The molecule has 31 heavy (non-hydrogen) atoms. The van der Waals surface area contributed by atoms with Gasteiger partial charge in [-0.2, -0.15) is 0 Å². The van der Waals surface area contributed by atoms with Gasteiger partial charge in [-0.1, -0.05) is 78.5 Å². The summed E-state index contributed by atoms with van der Waals surface area (Å²) in [5.74, 6) is 0.599. The Kier molecular flexibility index (Phi) is 15.9. The molecule has 2 aromatic rings. The van der Waals surface area contributed by atoms with E-state index in [1.165, 1.54) is 35.1 Å². The van der Waals surface area contributed by atoms with Crippen LogP contribution >= 0.6 is 31.9 Å². The quantitative estimate of drug-likeness (QED) is 0.307. The van der Waals surface area contributed by atoms with E-state index in [0.29, 0.717) is 11.5 Å². The Bertz CT molecular complexity index is 790. The zero-order chi connectivity index (χ0) is 22.5. The van der Waals surface area contributed by atoms with E-state index < -0.39 is 0 Å². The molecule has 0 heterocycles. The number of halogens is 2. The minimum absolute atomic E-state index is 0. The summed E-state index contributed by atoms with van der Waals surface area (Å²) in [6, 6.07) is 13.7. The van der Waals surface area contributed by atoms with Gasteiger partial charge in [0.2, 0.25) is 0 Å². The number of phenols is 2. The van der Waals surface area contributed by atoms with Crippen LogP contribution < -0.4 is 0 Å². The van der Waals surface area contributed by atoms with Gasteiger partial charge < -0.3 is 10.2 Å². The summed E-state index contributed by atoms with van der Waals surface area (Å²) in [6.45, 7) is 8.66. The standard InChI is InChI=1S/2C7H10.2C6H5BrO.Zr/c2*1-6-4-3-5-7(6)2;2*7-5-1-3-6(8)4-2-5;/h2*3-4H,5H2,1-2H3;2*1-4,8H;. The smallest absolute Gasteiger partial charge is 0.115 e. The van der Waals surface area contributed by atoms with Crippen molar-refractivity contribution in [2.24, 2.45) is 0 Å². The van der Waals surface area contributed by atoms with Gasteiger partial charge in [-0.05, 0) is 89.1 Å². The van der Waals surface area contributed by atoms with Crippen molar-refractivity contribution >= 4 is 31.9 Å². The van der Waals surface area contributed by atoms with Crippen LogP contribution in [0.25, 0.3) is 0 Å². The van der Waals surface area contributed by atoms with Crippen LogP contribution in [0.15, 0.2) is 104 Å². The van der Waals surface area contributed by atoms with Crippen molar-refractivity contribution in [3.8, 4) is 11.5 Å². The SMILES string of the molecule is CC1=C(C)CC=C1.CC1=C(C)CC=C1.Oc1ccc(Br)cc1.Oc1ccc(Br)cc1.[Zr]. The third-order valence-electron chi connectivity index (χ3n) is 4.58. The Labute approximate surface area is 222 Å². The maximum absolute atomic E-state index is 8.74. The molecule has 5 heteroatoms. The summed E-state index contributed by atoms with van der Waals surface area (Å²) < 4.78 is 1.96. The molecular formula is C26H30Br2O2Zr. The van der Waals surface area contributed by atoms with Crippen molar-refractivity contribution in [1.29, 1.82) is 0 Å². The first kappa shape index (κ1) is 29.8. The Morgan fingerprint density at radius 3 is 1.00 bits per heavy atom. The molecular weight excluding hydrogens is 595 g/mol. The molecule has 0 saturated heterocycles. The van der Waals surface area contributed by atoms with Crippen LogP contribution in [0, 0.1) is 0 Å². The van der Waals surface area contributed by atoms with E-state index in [9.17, 15) is 0 Å². The second kappa shape index (κ2) is 16.5. The van der Waals surface area contributed by atoms with Crippen LogP contribution in [0.3, 0.4) is 0 Å². The van der Waals surface area contributed by atoms with Crippen LogP contribution in [-0.4, -0.2) is 10.2 Å². The topological polar surface area (TPSA) is 40.5 Å². The summed E-state index contributed by atoms with van der Waals surface area (Å²) in [4.78, 5) is 0. The summed E-state index contributed by atoms with van der Waals surface area (Å²) in [5.41, 5.74) is 5.92. The van der Waals surface area contributed by atoms with Crippen LogP contribution in [0.2, 0.25) is 0 Å². The molecule has 0 spiro atoms. The number of phenolic OH excluding ortho intramolecular Hbond substituents is 2. The van der Waals surface area contributed by atoms with Gasteiger partial charge in [-0.3, -0.25) is 0 Å². The van der Waals surface area contributed by atoms with Crippen LogP contribution in [-0.2, 0) is 26.2 Å².